The van der Waals surface area contributed by atoms with Gasteiger partial charge < -0.3 is 10.2 Å². The third-order valence-corrected chi connectivity index (χ3v) is 6.38. The number of hydrogen-bond acceptors (Lipinski definition) is 5. The van der Waals surface area contributed by atoms with Crippen molar-refractivity contribution in [3.8, 4) is 0 Å². The van der Waals surface area contributed by atoms with Gasteiger partial charge >= 0.3 is 0 Å². The van der Waals surface area contributed by atoms with Crippen molar-refractivity contribution in [3.05, 3.63) is 29.8 Å². The van der Waals surface area contributed by atoms with Crippen molar-refractivity contribution in [2.45, 2.75) is 31.6 Å². The average Bonchev–Trinajstić information content (AvgIpc) is 2.86. The van der Waals surface area contributed by atoms with Crippen molar-refractivity contribution < 1.29 is 18.0 Å². The van der Waals surface area contributed by atoms with Crippen LogP contribution >= 0.6 is 0 Å². The number of nitrogens with one attached hydrogen (secondary N) is 1. The number of carbonyl (C=O) groups excluding carboxylic acids is 2. The molecule has 0 aliphatic carbocycles. The van der Waals surface area contributed by atoms with Gasteiger partial charge in [0.05, 0.1) is 17.2 Å². The van der Waals surface area contributed by atoms with E-state index in [1.807, 2.05) is 18.7 Å². The fourth-order valence-electron chi connectivity index (χ4n) is 3.08. The lowest BCUT2D eigenvalue weighted by molar-refractivity contribution is -0.130. The van der Waals surface area contributed by atoms with Gasteiger partial charge in [0, 0.05) is 39.1 Å². The Kier molecular flexibility index (Phi) is 7.79. The van der Waals surface area contributed by atoms with Crippen LogP contribution in [0.3, 0.4) is 0 Å². The number of aryl methyl sites for hydroxylation is 1. The van der Waals surface area contributed by atoms with Gasteiger partial charge in [-0.25, -0.2) is 8.42 Å². The first-order valence-electron chi connectivity index (χ1n) is 9.38. The Morgan fingerprint density at radius 1 is 1.07 bits per heavy atom. The molecule has 1 saturated heterocycles. The topological polar surface area (TPSA) is 86.8 Å². The minimum Gasteiger partial charge on any atom is -0.355 e. The van der Waals surface area contributed by atoms with E-state index in [0.717, 1.165) is 18.5 Å². The minimum atomic E-state index is -3.46. The van der Waals surface area contributed by atoms with Crippen LogP contribution in [0.1, 0.15) is 25.3 Å². The van der Waals surface area contributed by atoms with Crippen LogP contribution in [0.25, 0.3) is 0 Å². The number of nitrogens with zero attached hydrogens (tertiary/aromatic N) is 2. The first kappa shape index (κ1) is 21.4. The molecule has 1 aromatic carbocycles. The van der Waals surface area contributed by atoms with Gasteiger partial charge in [0.15, 0.2) is 9.84 Å². The van der Waals surface area contributed by atoms with Crippen molar-refractivity contribution in [3.63, 3.8) is 0 Å². The summed E-state index contributed by atoms with van der Waals surface area (Å²) in [5.74, 6) is -0.347. The lowest BCUT2D eigenvalue weighted by Crippen LogP contribution is -2.40. The Bertz CT molecular complexity index is 747. The maximum Gasteiger partial charge on any atom is 0.234 e. The van der Waals surface area contributed by atoms with E-state index in [2.05, 4.69) is 5.32 Å². The monoisotopic (exact) mass is 395 g/mol. The van der Waals surface area contributed by atoms with Crippen molar-refractivity contribution in [1.82, 2.24) is 15.1 Å². The number of sulfone groups is 1. The molecule has 2 amide bonds. The molecule has 1 aliphatic heterocycles. The fourth-order valence-corrected chi connectivity index (χ4v) is 4.31. The number of rotatable bonds is 7. The fraction of sp³-hybridized carbons (Fsp3) is 0.579. The first-order chi connectivity index (χ1) is 12.8. The zero-order valence-electron chi connectivity index (χ0n) is 16.1. The van der Waals surface area contributed by atoms with Crippen LogP contribution in [0.2, 0.25) is 0 Å². The second-order valence-corrected chi connectivity index (χ2v) is 8.96. The van der Waals surface area contributed by atoms with Gasteiger partial charge in [0.1, 0.15) is 0 Å². The van der Waals surface area contributed by atoms with E-state index in [1.54, 1.807) is 29.2 Å². The van der Waals surface area contributed by atoms with Crippen molar-refractivity contribution >= 4 is 21.7 Å². The van der Waals surface area contributed by atoms with E-state index in [4.69, 9.17) is 0 Å². The predicted molar refractivity (Wildman–Crippen MR) is 104 cm³/mol. The van der Waals surface area contributed by atoms with Crippen molar-refractivity contribution in [2.24, 2.45) is 0 Å². The summed E-state index contributed by atoms with van der Waals surface area (Å²) in [5, 5.41) is 2.78. The van der Waals surface area contributed by atoms with Gasteiger partial charge in [0.25, 0.3) is 0 Å². The molecule has 1 heterocycles. The van der Waals surface area contributed by atoms with Crippen LogP contribution in [-0.4, -0.2) is 75.1 Å². The van der Waals surface area contributed by atoms with Gasteiger partial charge in [-0.05, 0) is 32.4 Å². The standard InChI is InChI=1S/C19H29N3O4S/c1-3-20-18(23)15-21-10-4-11-22(13-12-21)19(24)9-14-27(25,26)17-7-5-16(2)6-8-17/h5-8H,3-4,9-15H2,1-2H3,(H,20,23). The number of hydrogen-bond donors (Lipinski definition) is 1. The smallest absolute Gasteiger partial charge is 0.234 e. The molecular formula is C19H29N3O4S. The van der Waals surface area contributed by atoms with Crippen LogP contribution in [-0.2, 0) is 19.4 Å². The normalized spacial score (nSPS) is 16.0. The number of likely N-dealkylation sites (N-methyl/N-ethyl adjacent to an activating group) is 1. The summed E-state index contributed by atoms with van der Waals surface area (Å²) < 4.78 is 24.8. The van der Waals surface area contributed by atoms with E-state index >= 15 is 0 Å². The molecule has 2 rings (SSSR count). The summed E-state index contributed by atoms with van der Waals surface area (Å²) in [6.45, 7) is 7.19. The molecule has 150 valence electrons. The molecular weight excluding hydrogens is 366 g/mol. The lowest BCUT2D eigenvalue weighted by Gasteiger charge is -2.21. The average molecular weight is 396 g/mol. The molecule has 0 saturated carbocycles. The van der Waals surface area contributed by atoms with Gasteiger partial charge in [-0.3, -0.25) is 14.5 Å². The lowest BCUT2D eigenvalue weighted by atomic mass is 10.2. The Morgan fingerprint density at radius 3 is 2.44 bits per heavy atom. The van der Waals surface area contributed by atoms with E-state index < -0.39 is 9.84 Å². The Morgan fingerprint density at radius 2 is 1.78 bits per heavy atom. The molecule has 8 heteroatoms. The molecule has 1 N–H and O–H groups in total. The van der Waals surface area contributed by atoms with Crippen LogP contribution < -0.4 is 5.32 Å². The summed E-state index contributed by atoms with van der Waals surface area (Å²) in [7, 11) is -3.46. The maximum absolute atomic E-state index is 12.5. The molecule has 1 aromatic rings. The SMILES string of the molecule is CCNC(=O)CN1CCCN(C(=O)CCS(=O)(=O)c2ccc(C)cc2)CC1. The summed E-state index contributed by atoms with van der Waals surface area (Å²) in [5.41, 5.74) is 0.992. The molecule has 27 heavy (non-hydrogen) atoms. The third-order valence-electron chi connectivity index (χ3n) is 4.65. The largest absolute Gasteiger partial charge is 0.355 e. The minimum absolute atomic E-state index is 0.0125. The molecule has 0 radical (unpaired) electrons. The highest BCUT2D eigenvalue weighted by atomic mass is 32.2. The van der Waals surface area contributed by atoms with Gasteiger partial charge in [0.2, 0.25) is 11.8 Å². The van der Waals surface area contributed by atoms with E-state index in [0.29, 0.717) is 32.7 Å². The highest BCUT2D eigenvalue weighted by Gasteiger charge is 2.22. The Hall–Kier alpha value is -1.93. The second kappa shape index (κ2) is 9.85. The molecule has 0 aromatic heterocycles. The summed E-state index contributed by atoms with van der Waals surface area (Å²) in [6, 6.07) is 6.68. The quantitative estimate of drug-likeness (QED) is 0.739. The molecule has 7 nitrogen and oxygen atoms in total. The van der Waals surface area contributed by atoms with Crippen LogP contribution in [0.5, 0.6) is 0 Å². The van der Waals surface area contributed by atoms with Crippen LogP contribution in [0, 0.1) is 6.92 Å². The van der Waals surface area contributed by atoms with Gasteiger partial charge in [-0.15, -0.1) is 0 Å². The Balaban J connectivity index is 1.85. The molecule has 0 unspecified atom stereocenters. The Labute approximate surface area is 161 Å². The predicted octanol–water partition coefficient (Wildman–Crippen LogP) is 0.829. The zero-order valence-corrected chi connectivity index (χ0v) is 16.9. The molecule has 1 fully saturated rings. The highest BCUT2D eigenvalue weighted by Crippen LogP contribution is 2.14. The van der Waals surface area contributed by atoms with Crippen LogP contribution in [0.4, 0.5) is 0 Å². The molecule has 0 spiro atoms. The molecule has 1 aliphatic rings. The van der Waals surface area contributed by atoms with E-state index in [-0.39, 0.29) is 28.9 Å². The van der Waals surface area contributed by atoms with E-state index in [9.17, 15) is 18.0 Å². The summed E-state index contributed by atoms with van der Waals surface area (Å²) >= 11 is 0. The number of benzene rings is 1. The number of carbonyl (C=O) groups is 2. The van der Waals surface area contributed by atoms with Crippen LogP contribution in [0.15, 0.2) is 29.2 Å². The van der Waals surface area contributed by atoms with Gasteiger partial charge in [-0.1, -0.05) is 17.7 Å². The summed E-state index contributed by atoms with van der Waals surface area (Å²) in [4.78, 5) is 28.2. The first-order valence-corrected chi connectivity index (χ1v) is 11.0. The van der Waals surface area contributed by atoms with Crippen molar-refractivity contribution in [2.75, 3.05) is 45.0 Å². The summed E-state index contributed by atoms with van der Waals surface area (Å²) in [6.07, 6.45) is 0.752. The van der Waals surface area contributed by atoms with E-state index in [1.165, 1.54) is 0 Å². The highest BCUT2D eigenvalue weighted by molar-refractivity contribution is 7.91. The second-order valence-electron chi connectivity index (χ2n) is 6.85. The van der Waals surface area contributed by atoms with Crippen molar-refractivity contribution in [1.29, 1.82) is 0 Å². The molecule has 0 bridgehead atoms. The third kappa shape index (κ3) is 6.62. The maximum atomic E-state index is 12.5. The van der Waals surface area contributed by atoms with Gasteiger partial charge in [-0.2, -0.15) is 0 Å². The zero-order chi connectivity index (χ0) is 19.9. The number of amides is 2. The molecule has 0 atom stereocenters.